The molecule has 0 radical (unpaired) electrons. The van der Waals surface area contributed by atoms with Crippen LogP contribution in [0.4, 0.5) is 0 Å². The highest BCUT2D eigenvalue weighted by atomic mass is 16.5. The number of rotatable bonds is 7. The van der Waals surface area contributed by atoms with Crippen LogP contribution >= 0.6 is 0 Å². The number of likely N-dealkylation sites (N-methyl/N-ethyl adjacent to an activating group) is 1. The van der Waals surface area contributed by atoms with E-state index in [4.69, 9.17) is 9.72 Å². The van der Waals surface area contributed by atoms with Gasteiger partial charge in [-0.25, -0.2) is 4.98 Å². The normalized spacial score (nSPS) is 11.2. The zero-order valence-electron chi connectivity index (χ0n) is 15.6. The molecule has 1 aromatic heterocycles. The van der Waals surface area contributed by atoms with Gasteiger partial charge >= 0.3 is 0 Å². The molecule has 136 valence electrons. The topological polar surface area (TPSA) is 47.4 Å². The second-order valence-corrected chi connectivity index (χ2v) is 6.65. The summed E-state index contributed by atoms with van der Waals surface area (Å²) >= 11 is 0. The third kappa shape index (κ3) is 4.11. The Balaban J connectivity index is 1.91. The SMILES string of the molecule is COc1ccc(CCc2nc3ccccc3c(=O)n2CCN(C)C)cc1. The van der Waals surface area contributed by atoms with Crippen LogP contribution in [-0.4, -0.2) is 42.2 Å². The Bertz CT molecular complexity index is 930. The molecule has 3 rings (SSSR count). The van der Waals surface area contributed by atoms with E-state index >= 15 is 0 Å². The number of para-hydroxylation sites is 1. The molecule has 1 heterocycles. The first-order valence-corrected chi connectivity index (χ1v) is 8.84. The molecule has 0 amide bonds. The minimum Gasteiger partial charge on any atom is -0.497 e. The maximum Gasteiger partial charge on any atom is 0.261 e. The van der Waals surface area contributed by atoms with Gasteiger partial charge < -0.3 is 9.64 Å². The number of nitrogens with zero attached hydrogens (tertiary/aromatic N) is 3. The lowest BCUT2D eigenvalue weighted by atomic mass is 10.1. The summed E-state index contributed by atoms with van der Waals surface area (Å²) in [7, 11) is 5.69. The first-order chi connectivity index (χ1) is 12.6. The van der Waals surface area contributed by atoms with Gasteiger partial charge in [-0.3, -0.25) is 9.36 Å². The summed E-state index contributed by atoms with van der Waals surface area (Å²) < 4.78 is 7.03. The fourth-order valence-electron chi connectivity index (χ4n) is 2.98. The van der Waals surface area contributed by atoms with Crippen LogP contribution in [0.3, 0.4) is 0 Å². The summed E-state index contributed by atoms with van der Waals surface area (Å²) in [6, 6.07) is 15.6. The largest absolute Gasteiger partial charge is 0.497 e. The van der Waals surface area contributed by atoms with Crippen molar-refractivity contribution in [2.24, 2.45) is 0 Å². The maximum absolute atomic E-state index is 12.9. The lowest BCUT2D eigenvalue weighted by molar-refractivity contribution is 0.376. The van der Waals surface area contributed by atoms with E-state index in [2.05, 4.69) is 17.0 Å². The Labute approximate surface area is 153 Å². The summed E-state index contributed by atoms with van der Waals surface area (Å²) in [4.78, 5) is 19.8. The molecule has 0 N–H and O–H groups in total. The van der Waals surface area contributed by atoms with E-state index in [9.17, 15) is 4.79 Å². The van der Waals surface area contributed by atoms with Crippen LogP contribution in [-0.2, 0) is 19.4 Å². The van der Waals surface area contributed by atoms with Crippen LogP contribution in [0.2, 0.25) is 0 Å². The van der Waals surface area contributed by atoms with E-state index in [0.717, 1.165) is 36.5 Å². The molecule has 5 nitrogen and oxygen atoms in total. The smallest absolute Gasteiger partial charge is 0.261 e. The molecule has 0 atom stereocenters. The fourth-order valence-corrected chi connectivity index (χ4v) is 2.98. The molecule has 3 aromatic rings. The summed E-state index contributed by atoms with van der Waals surface area (Å²) in [6.07, 6.45) is 1.55. The number of hydrogen-bond acceptors (Lipinski definition) is 4. The van der Waals surface area contributed by atoms with Gasteiger partial charge in [0.25, 0.3) is 5.56 Å². The van der Waals surface area contributed by atoms with Crippen molar-refractivity contribution in [1.82, 2.24) is 14.5 Å². The predicted octanol–water partition coefficient (Wildman–Crippen LogP) is 2.75. The van der Waals surface area contributed by atoms with Crippen molar-refractivity contribution in [3.8, 4) is 5.75 Å². The van der Waals surface area contributed by atoms with Crippen molar-refractivity contribution in [2.75, 3.05) is 27.7 Å². The monoisotopic (exact) mass is 351 g/mol. The fraction of sp³-hybridized carbons (Fsp3) is 0.333. The average Bonchev–Trinajstić information content (AvgIpc) is 2.66. The summed E-state index contributed by atoms with van der Waals surface area (Å²) in [5.74, 6) is 1.69. The van der Waals surface area contributed by atoms with Crippen molar-refractivity contribution in [2.45, 2.75) is 19.4 Å². The Morgan fingerprint density at radius 1 is 1.04 bits per heavy atom. The minimum atomic E-state index is 0.0437. The molecule has 26 heavy (non-hydrogen) atoms. The van der Waals surface area contributed by atoms with Crippen molar-refractivity contribution in [1.29, 1.82) is 0 Å². The van der Waals surface area contributed by atoms with E-state index in [1.54, 1.807) is 7.11 Å². The van der Waals surface area contributed by atoms with Gasteiger partial charge in [-0.2, -0.15) is 0 Å². The number of benzene rings is 2. The number of methoxy groups -OCH3 is 1. The van der Waals surface area contributed by atoms with Gasteiger partial charge in [-0.05, 0) is 50.3 Å². The van der Waals surface area contributed by atoms with Crippen LogP contribution < -0.4 is 10.3 Å². The molecule has 0 fully saturated rings. The van der Waals surface area contributed by atoms with E-state index in [0.29, 0.717) is 11.9 Å². The average molecular weight is 351 g/mol. The number of fused-ring (bicyclic) bond motifs is 1. The molecular weight excluding hydrogens is 326 g/mol. The number of aryl methyl sites for hydroxylation is 2. The van der Waals surface area contributed by atoms with Crippen molar-refractivity contribution in [3.05, 3.63) is 70.3 Å². The lowest BCUT2D eigenvalue weighted by Crippen LogP contribution is -2.30. The van der Waals surface area contributed by atoms with Crippen LogP contribution in [0.25, 0.3) is 10.9 Å². The highest BCUT2D eigenvalue weighted by Gasteiger charge is 2.11. The zero-order valence-corrected chi connectivity index (χ0v) is 15.6. The molecule has 0 aliphatic carbocycles. The van der Waals surface area contributed by atoms with E-state index in [-0.39, 0.29) is 5.56 Å². The van der Waals surface area contributed by atoms with Crippen molar-refractivity contribution in [3.63, 3.8) is 0 Å². The van der Waals surface area contributed by atoms with Crippen molar-refractivity contribution < 1.29 is 4.74 Å². The van der Waals surface area contributed by atoms with Gasteiger partial charge in [0.1, 0.15) is 11.6 Å². The van der Waals surface area contributed by atoms with Crippen LogP contribution in [0.15, 0.2) is 53.3 Å². The van der Waals surface area contributed by atoms with Crippen LogP contribution in [0.5, 0.6) is 5.75 Å². The second kappa shape index (κ2) is 8.15. The number of hydrogen-bond donors (Lipinski definition) is 0. The molecule has 0 saturated carbocycles. The maximum atomic E-state index is 12.9. The first kappa shape index (κ1) is 18.1. The highest BCUT2D eigenvalue weighted by Crippen LogP contribution is 2.14. The third-order valence-corrected chi connectivity index (χ3v) is 4.51. The molecule has 0 unspecified atom stereocenters. The van der Waals surface area contributed by atoms with E-state index in [1.807, 2.05) is 55.1 Å². The molecular formula is C21H25N3O2. The van der Waals surface area contributed by atoms with Gasteiger partial charge in [0.15, 0.2) is 0 Å². The number of aromatic nitrogens is 2. The molecule has 0 bridgehead atoms. The van der Waals surface area contributed by atoms with Crippen LogP contribution in [0, 0.1) is 0 Å². The lowest BCUT2D eigenvalue weighted by Gasteiger charge is -2.16. The number of ether oxygens (including phenoxy) is 1. The Kier molecular flexibility index (Phi) is 5.68. The Morgan fingerprint density at radius 2 is 1.77 bits per heavy atom. The predicted molar refractivity (Wildman–Crippen MR) is 105 cm³/mol. The molecule has 5 heteroatoms. The van der Waals surface area contributed by atoms with Gasteiger partial charge in [0, 0.05) is 19.5 Å². The summed E-state index contributed by atoms with van der Waals surface area (Å²) in [5, 5.41) is 0.680. The van der Waals surface area contributed by atoms with Gasteiger partial charge in [0.05, 0.1) is 18.0 Å². The molecule has 0 spiro atoms. The zero-order chi connectivity index (χ0) is 18.5. The minimum absolute atomic E-state index is 0.0437. The Hall–Kier alpha value is -2.66. The summed E-state index contributed by atoms with van der Waals surface area (Å²) in [5.41, 5.74) is 2.01. The van der Waals surface area contributed by atoms with E-state index in [1.165, 1.54) is 5.56 Å². The van der Waals surface area contributed by atoms with Crippen molar-refractivity contribution >= 4 is 10.9 Å². The van der Waals surface area contributed by atoms with Gasteiger partial charge in [0.2, 0.25) is 0 Å². The molecule has 0 aliphatic heterocycles. The van der Waals surface area contributed by atoms with E-state index < -0.39 is 0 Å². The molecule has 0 saturated heterocycles. The first-order valence-electron chi connectivity index (χ1n) is 8.84. The second-order valence-electron chi connectivity index (χ2n) is 6.65. The molecule has 2 aromatic carbocycles. The quantitative estimate of drug-likeness (QED) is 0.657. The van der Waals surface area contributed by atoms with Crippen LogP contribution in [0.1, 0.15) is 11.4 Å². The van der Waals surface area contributed by atoms with Gasteiger partial charge in [-0.1, -0.05) is 24.3 Å². The van der Waals surface area contributed by atoms with Gasteiger partial charge in [-0.15, -0.1) is 0 Å². The summed E-state index contributed by atoms with van der Waals surface area (Å²) in [6.45, 7) is 1.44. The standard InChI is InChI=1S/C21H25N3O2/c1-23(2)14-15-24-20(13-10-16-8-11-17(26-3)12-9-16)22-19-7-5-4-6-18(19)21(24)25/h4-9,11-12H,10,13-15H2,1-3H3. The molecule has 0 aliphatic rings. The Morgan fingerprint density at radius 3 is 2.46 bits per heavy atom. The highest BCUT2D eigenvalue weighted by molar-refractivity contribution is 5.77. The third-order valence-electron chi connectivity index (χ3n) is 4.51.